The first-order valence-corrected chi connectivity index (χ1v) is 4.90. The van der Waals surface area contributed by atoms with Crippen LogP contribution in [0.5, 0.6) is 0 Å². The minimum absolute atomic E-state index is 0.658. The second-order valence-electron chi connectivity index (χ2n) is 3.38. The van der Waals surface area contributed by atoms with Crippen LogP contribution in [0.1, 0.15) is 25.5 Å². The Morgan fingerprint density at radius 3 is 3.14 bits per heavy atom. The molecule has 2 aromatic heterocycles. The third-order valence-electron chi connectivity index (χ3n) is 2.23. The maximum Gasteiger partial charge on any atom is 0.157 e. The van der Waals surface area contributed by atoms with E-state index in [0.717, 1.165) is 24.2 Å². The van der Waals surface area contributed by atoms with Gasteiger partial charge in [0.15, 0.2) is 5.65 Å². The number of nitrogens with two attached hydrogens (primary N) is 1. The normalized spacial score (nSPS) is 10.9. The van der Waals surface area contributed by atoms with Crippen molar-refractivity contribution >= 4 is 11.5 Å². The fourth-order valence-electron chi connectivity index (χ4n) is 1.48. The largest absolute Gasteiger partial charge is 0.384 e. The molecule has 0 aliphatic heterocycles. The molecule has 0 saturated carbocycles. The van der Waals surface area contributed by atoms with Crippen LogP contribution >= 0.6 is 0 Å². The van der Waals surface area contributed by atoms with Crippen LogP contribution < -0.4 is 5.73 Å². The third-order valence-corrected chi connectivity index (χ3v) is 2.23. The quantitative estimate of drug-likeness (QED) is 0.800. The summed E-state index contributed by atoms with van der Waals surface area (Å²) in [7, 11) is 0. The molecule has 0 spiro atoms. The van der Waals surface area contributed by atoms with E-state index in [1.54, 1.807) is 10.7 Å². The molecule has 0 bridgehead atoms. The molecule has 0 radical (unpaired) electrons. The molecule has 0 atom stereocenters. The standard InChI is InChI=1S/C10H14N4/c1-2-3-4-8-7-9(11)14-10(13-8)5-6-12-14/h5-7H,2-4,11H2,1H3. The zero-order valence-corrected chi connectivity index (χ0v) is 8.27. The van der Waals surface area contributed by atoms with Crippen LogP contribution in [-0.2, 0) is 6.42 Å². The minimum Gasteiger partial charge on any atom is -0.384 e. The first-order valence-electron chi connectivity index (χ1n) is 4.90. The van der Waals surface area contributed by atoms with Gasteiger partial charge >= 0.3 is 0 Å². The predicted molar refractivity (Wildman–Crippen MR) is 56.0 cm³/mol. The summed E-state index contributed by atoms with van der Waals surface area (Å²) in [5.41, 5.74) is 7.72. The third kappa shape index (κ3) is 1.55. The Morgan fingerprint density at radius 2 is 2.36 bits per heavy atom. The lowest BCUT2D eigenvalue weighted by atomic mass is 10.2. The lowest BCUT2D eigenvalue weighted by Crippen LogP contribution is -2.02. The van der Waals surface area contributed by atoms with Gasteiger partial charge in [-0.3, -0.25) is 0 Å². The van der Waals surface area contributed by atoms with Gasteiger partial charge in [-0.05, 0) is 12.8 Å². The number of fused-ring (bicyclic) bond motifs is 1. The Balaban J connectivity index is 2.38. The van der Waals surface area contributed by atoms with Crippen LogP contribution in [0, 0.1) is 0 Å². The summed E-state index contributed by atoms with van der Waals surface area (Å²) in [4.78, 5) is 4.45. The molecule has 14 heavy (non-hydrogen) atoms. The summed E-state index contributed by atoms with van der Waals surface area (Å²) < 4.78 is 1.65. The molecule has 0 aliphatic rings. The summed E-state index contributed by atoms with van der Waals surface area (Å²) in [6, 6.07) is 3.77. The van der Waals surface area contributed by atoms with Gasteiger partial charge in [0.05, 0.1) is 6.20 Å². The van der Waals surface area contributed by atoms with Crippen molar-refractivity contribution in [3.63, 3.8) is 0 Å². The maximum atomic E-state index is 5.83. The highest BCUT2D eigenvalue weighted by molar-refractivity contribution is 5.46. The van der Waals surface area contributed by atoms with Gasteiger partial charge in [-0.2, -0.15) is 9.61 Å². The van der Waals surface area contributed by atoms with Crippen LogP contribution in [0.2, 0.25) is 0 Å². The maximum absolute atomic E-state index is 5.83. The molecule has 0 unspecified atom stereocenters. The first kappa shape index (κ1) is 8.99. The van der Waals surface area contributed by atoms with Gasteiger partial charge in [0.1, 0.15) is 5.82 Å². The van der Waals surface area contributed by atoms with Crippen molar-refractivity contribution in [2.45, 2.75) is 26.2 Å². The van der Waals surface area contributed by atoms with E-state index in [2.05, 4.69) is 17.0 Å². The number of anilines is 1. The Hall–Kier alpha value is -1.58. The molecule has 4 heteroatoms. The molecule has 4 nitrogen and oxygen atoms in total. The summed E-state index contributed by atoms with van der Waals surface area (Å²) in [5, 5.41) is 4.07. The zero-order valence-electron chi connectivity index (χ0n) is 8.27. The van der Waals surface area contributed by atoms with E-state index in [1.165, 1.54) is 6.42 Å². The number of hydrogen-bond donors (Lipinski definition) is 1. The number of unbranched alkanes of at least 4 members (excludes halogenated alkanes) is 1. The van der Waals surface area contributed by atoms with Crippen LogP contribution in [0.4, 0.5) is 5.82 Å². The molecular weight excluding hydrogens is 176 g/mol. The Bertz CT molecular complexity index is 433. The van der Waals surface area contributed by atoms with E-state index in [1.807, 2.05) is 12.1 Å². The topological polar surface area (TPSA) is 56.2 Å². The average Bonchev–Trinajstić information content (AvgIpc) is 2.63. The fourth-order valence-corrected chi connectivity index (χ4v) is 1.48. The highest BCUT2D eigenvalue weighted by atomic mass is 15.3. The Morgan fingerprint density at radius 1 is 1.50 bits per heavy atom. The fraction of sp³-hybridized carbons (Fsp3) is 0.400. The van der Waals surface area contributed by atoms with Crippen molar-refractivity contribution in [3.8, 4) is 0 Å². The molecule has 0 aromatic carbocycles. The lowest BCUT2D eigenvalue weighted by molar-refractivity contribution is 0.773. The van der Waals surface area contributed by atoms with Crippen molar-refractivity contribution in [1.29, 1.82) is 0 Å². The van der Waals surface area contributed by atoms with Crippen molar-refractivity contribution in [3.05, 3.63) is 24.0 Å². The molecule has 2 rings (SSSR count). The zero-order chi connectivity index (χ0) is 9.97. The van der Waals surface area contributed by atoms with Gasteiger partial charge in [0.25, 0.3) is 0 Å². The second-order valence-corrected chi connectivity index (χ2v) is 3.38. The number of aromatic nitrogens is 3. The van der Waals surface area contributed by atoms with E-state index >= 15 is 0 Å². The van der Waals surface area contributed by atoms with Gasteiger partial charge in [0, 0.05) is 17.8 Å². The van der Waals surface area contributed by atoms with Gasteiger partial charge in [-0.25, -0.2) is 4.98 Å². The van der Waals surface area contributed by atoms with Crippen LogP contribution in [0.15, 0.2) is 18.3 Å². The molecule has 2 aromatic rings. The number of hydrogen-bond acceptors (Lipinski definition) is 3. The van der Waals surface area contributed by atoms with E-state index in [0.29, 0.717) is 5.82 Å². The van der Waals surface area contributed by atoms with Gasteiger partial charge < -0.3 is 5.73 Å². The molecule has 0 aliphatic carbocycles. The first-order chi connectivity index (χ1) is 6.81. The molecular formula is C10H14N4. The highest BCUT2D eigenvalue weighted by Gasteiger charge is 2.02. The molecule has 2 N–H and O–H groups in total. The molecule has 74 valence electrons. The minimum atomic E-state index is 0.658. The Labute approximate surface area is 82.8 Å². The number of nitrogens with zero attached hydrogens (tertiary/aromatic N) is 3. The van der Waals surface area contributed by atoms with E-state index in [4.69, 9.17) is 5.73 Å². The smallest absolute Gasteiger partial charge is 0.157 e. The predicted octanol–water partition coefficient (Wildman–Crippen LogP) is 1.65. The molecule has 2 heterocycles. The summed E-state index contributed by atoms with van der Waals surface area (Å²) in [6.45, 7) is 2.17. The number of rotatable bonds is 3. The second kappa shape index (κ2) is 3.65. The van der Waals surface area contributed by atoms with Crippen LogP contribution in [0.3, 0.4) is 0 Å². The van der Waals surface area contributed by atoms with Crippen LogP contribution in [0.25, 0.3) is 5.65 Å². The molecule has 0 fully saturated rings. The monoisotopic (exact) mass is 190 g/mol. The van der Waals surface area contributed by atoms with Gasteiger partial charge in [-0.15, -0.1) is 0 Å². The average molecular weight is 190 g/mol. The molecule has 0 amide bonds. The van der Waals surface area contributed by atoms with Crippen molar-refractivity contribution < 1.29 is 0 Å². The number of nitrogen functional groups attached to an aromatic ring is 1. The summed E-state index contributed by atoms with van der Waals surface area (Å²) in [5.74, 6) is 0.658. The number of aryl methyl sites for hydroxylation is 1. The van der Waals surface area contributed by atoms with Crippen LogP contribution in [-0.4, -0.2) is 14.6 Å². The Kier molecular flexibility index (Phi) is 2.35. The van der Waals surface area contributed by atoms with E-state index in [9.17, 15) is 0 Å². The van der Waals surface area contributed by atoms with E-state index in [-0.39, 0.29) is 0 Å². The lowest BCUT2D eigenvalue weighted by Gasteiger charge is -2.03. The summed E-state index contributed by atoms with van der Waals surface area (Å²) >= 11 is 0. The highest BCUT2D eigenvalue weighted by Crippen LogP contribution is 2.10. The summed E-state index contributed by atoms with van der Waals surface area (Å²) in [6.07, 6.45) is 5.02. The van der Waals surface area contributed by atoms with Crippen molar-refractivity contribution in [1.82, 2.24) is 14.6 Å². The van der Waals surface area contributed by atoms with E-state index < -0.39 is 0 Å². The van der Waals surface area contributed by atoms with Gasteiger partial charge in [-0.1, -0.05) is 13.3 Å². The van der Waals surface area contributed by atoms with Crippen molar-refractivity contribution in [2.24, 2.45) is 0 Å². The SMILES string of the molecule is CCCCc1cc(N)n2nccc2n1. The molecule has 0 saturated heterocycles. The van der Waals surface area contributed by atoms with Crippen molar-refractivity contribution in [2.75, 3.05) is 5.73 Å². The van der Waals surface area contributed by atoms with Gasteiger partial charge in [0.2, 0.25) is 0 Å².